The Morgan fingerprint density at radius 1 is 0.750 bits per heavy atom. The van der Waals surface area contributed by atoms with Crippen LogP contribution in [0.3, 0.4) is 0 Å². The summed E-state index contributed by atoms with van der Waals surface area (Å²) in [5, 5.41) is 11.6. The SMILES string of the molecule is CCCCCCCCCCCCCCCCOCC(CO[P+](=O)OCCNC)OCCCCC(=O)O. The summed E-state index contributed by atoms with van der Waals surface area (Å²) in [6, 6.07) is 0. The molecule has 0 aromatic carbocycles. The molecular weight excluding hydrogens is 481 g/mol. The van der Waals surface area contributed by atoms with Crippen LogP contribution in [0.5, 0.6) is 0 Å². The van der Waals surface area contributed by atoms with E-state index in [4.69, 9.17) is 23.6 Å². The molecule has 8 nitrogen and oxygen atoms in total. The van der Waals surface area contributed by atoms with Gasteiger partial charge in [-0.3, -0.25) is 4.79 Å². The van der Waals surface area contributed by atoms with Crippen molar-refractivity contribution < 1.29 is 33.0 Å². The van der Waals surface area contributed by atoms with Crippen LogP contribution in [0.15, 0.2) is 0 Å². The van der Waals surface area contributed by atoms with E-state index in [1.165, 1.54) is 83.5 Å². The molecule has 2 N–H and O–H groups in total. The van der Waals surface area contributed by atoms with Crippen molar-refractivity contribution in [2.45, 2.75) is 122 Å². The minimum absolute atomic E-state index is 0.117. The van der Waals surface area contributed by atoms with Crippen LogP contribution in [-0.2, 0) is 27.9 Å². The van der Waals surface area contributed by atoms with Gasteiger partial charge in [0.25, 0.3) is 0 Å². The van der Waals surface area contributed by atoms with Crippen LogP contribution >= 0.6 is 8.25 Å². The predicted molar refractivity (Wildman–Crippen MR) is 146 cm³/mol. The standard InChI is InChI=1S/C27H54NO7P/c1-3-4-5-6-7-8-9-10-11-12-13-14-15-17-21-32-24-26(33-22-18-16-19-27(29)30)25-35-36(31)34-23-20-28-2/h26,28H,3-25H2,1-2H3/p+1. The van der Waals surface area contributed by atoms with Crippen LogP contribution in [0.2, 0.25) is 0 Å². The Morgan fingerprint density at radius 2 is 1.31 bits per heavy atom. The Labute approximate surface area is 221 Å². The Hall–Kier alpha value is -0.630. The van der Waals surface area contributed by atoms with Gasteiger partial charge in [0.15, 0.2) is 0 Å². The second-order valence-electron chi connectivity index (χ2n) is 9.47. The highest BCUT2D eigenvalue weighted by Gasteiger charge is 2.23. The fraction of sp³-hybridized carbons (Fsp3) is 0.963. The molecule has 36 heavy (non-hydrogen) atoms. The minimum Gasteiger partial charge on any atom is -0.481 e. The summed E-state index contributed by atoms with van der Waals surface area (Å²) >= 11 is 0. The molecule has 2 unspecified atom stereocenters. The highest BCUT2D eigenvalue weighted by molar-refractivity contribution is 7.33. The van der Waals surface area contributed by atoms with E-state index in [0.717, 1.165) is 6.42 Å². The first-order valence-corrected chi connectivity index (χ1v) is 15.5. The van der Waals surface area contributed by atoms with Gasteiger partial charge in [-0.25, -0.2) is 0 Å². The van der Waals surface area contributed by atoms with Gasteiger partial charge in [0.05, 0.1) is 6.61 Å². The van der Waals surface area contributed by atoms with Crippen molar-refractivity contribution in [1.29, 1.82) is 0 Å². The first-order valence-electron chi connectivity index (χ1n) is 14.4. The maximum absolute atomic E-state index is 11.8. The second kappa shape index (κ2) is 28.9. The third-order valence-corrected chi connectivity index (χ3v) is 6.75. The number of unbranched alkanes of at least 4 members (excludes halogenated alkanes) is 14. The number of nitrogens with one attached hydrogen (secondary N) is 1. The zero-order valence-corrected chi connectivity index (χ0v) is 24.1. The summed E-state index contributed by atoms with van der Waals surface area (Å²) in [5.41, 5.74) is 0. The van der Waals surface area contributed by atoms with Gasteiger partial charge in [0.2, 0.25) is 0 Å². The molecule has 0 aliphatic heterocycles. The van der Waals surface area contributed by atoms with Crippen molar-refractivity contribution in [2.75, 3.05) is 46.6 Å². The molecule has 2 atom stereocenters. The second-order valence-corrected chi connectivity index (χ2v) is 10.4. The average Bonchev–Trinajstić information content (AvgIpc) is 2.86. The highest BCUT2D eigenvalue weighted by Crippen LogP contribution is 2.23. The number of carboxylic acid groups (broad SMARTS) is 1. The molecule has 0 aliphatic rings. The van der Waals surface area contributed by atoms with Gasteiger partial charge in [-0.15, -0.1) is 9.05 Å². The molecule has 9 heteroatoms. The van der Waals surface area contributed by atoms with E-state index in [9.17, 15) is 9.36 Å². The van der Waals surface area contributed by atoms with Crippen molar-refractivity contribution in [1.82, 2.24) is 5.32 Å². The molecule has 0 fully saturated rings. The lowest BCUT2D eigenvalue weighted by atomic mass is 10.0. The molecule has 0 heterocycles. The number of aliphatic carboxylic acids is 1. The average molecular weight is 537 g/mol. The van der Waals surface area contributed by atoms with E-state index in [2.05, 4.69) is 12.2 Å². The van der Waals surface area contributed by atoms with Crippen molar-refractivity contribution >= 4 is 14.2 Å². The smallest absolute Gasteiger partial charge is 0.481 e. The molecule has 0 rings (SSSR count). The predicted octanol–water partition coefficient (Wildman–Crippen LogP) is 7.03. The third-order valence-electron chi connectivity index (χ3n) is 6.00. The van der Waals surface area contributed by atoms with Crippen LogP contribution in [0.4, 0.5) is 0 Å². The van der Waals surface area contributed by atoms with Crippen LogP contribution in [0.25, 0.3) is 0 Å². The fourth-order valence-electron chi connectivity index (χ4n) is 3.79. The summed E-state index contributed by atoms with van der Waals surface area (Å²) in [7, 11) is -0.405. The molecule has 0 radical (unpaired) electrons. The maximum atomic E-state index is 11.8. The van der Waals surface area contributed by atoms with E-state index >= 15 is 0 Å². The van der Waals surface area contributed by atoms with Crippen LogP contribution < -0.4 is 5.32 Å². The normalized spacial score (nSPS) is 12.7. The lowest BCUT2D eigenvalue weighted by molar-refractivity contribution is -0.137. The Morgan fingerprint density at radius 3 is 1.86 bits per heavy atom. The third kappa shape index (κ3) is 27.9. The summed E-state index contributed by atoms with van der Waals surface area (Å²) < 4.78 is 33.8. The molecule has 0 spiro atoms. The van der Waals surface area contributed by atoms with Crippen molar-refractivity contribution in [2.24, 2.45) is 0 Å². The quantitative estimate of drug-likeness (QED) is 0.0744. The first kappa shape index (κ1) is 35.4. The summed E-state index contributed by atoms with van der Waals surface area (Å²) in [4.78, 5) is 10.6. The van der Waals surface area contributed by atoms with E-state index < -0.39 is 14.2 Å². The molecular formula is C27H55NO7P+. The molecule has 0 bridgehead atoms. The Bertz CT molecular complexity index is 497. The van der Waals surface area contributed by atoms with Crippen molar-refractivity contribution in [3.8, 4) is 0 Å². The summed E-state index contributed by atoms with van der Waals surface area (Å²) in [6.07, 6.45) is 19.5. The monoisotopic (exact) mass is 536 g/mol. The van der Waals surface area contributed by atoms with Crippen molar-refractivity contribution in [3.05, 3.63) is 0 Å². The van der Waals surface area contributed by atoms with Gasteiger partial charge < -0.3 is 19.9 Å². The first-order chi connectivity index (χ1) is 17.6. The Balaban J connectivity index is 3.77. The van der Waals surface area contributed by atoms with Gasteiger partial charge in [-0.2, -0.15) is 0 Å². The number of carboxylic acids is 1. The van der Waals surface area contributed by atoms with Crippen LogP contribution in [0, 0.1) is 0 Å². The number of ether oxygens (including phenoxy) is 2. The van der Waals surface area contributed by atoms with Gasteiger partial charge in [0, 0.05) is 30.7 Å². The molecule has 0 saturated heterocycles. The molecule has 0 aromatic rings. The van der Waals surface area contributed by atoms with Gasteiger partial charge in [-0.05, 0) is 26.3 Å². The topological polar surface area (TPSA) is 103 Å². The molecule has 0 saturated carbocycles. The molecule has 0 amide bonds. The van der Waals surface area contributed by atoms with Crippen molar-refractivity contribution in [3.63, 3.8) is 0 Å². The molecule has 0 aliphatic carbocycles. The van der Waals surface area contributed by atoms with Gasteiger partial charge in [-0.1, -0.05) is 90.4 Å². The largest absolute Gasteiger partial charge is 0.697 e. The van der Waals surface area contributed by atoms with Gasteiger partial charge >= 0.3 is 14.2 Å². The zero-order chi connectivity index (χ0) is 26.5. The highest BCUT2D eigenvalue weighted by atomic mass is 31.1. The fourth-order valence-corrected chi connectivity index (χ4v) is 4.39. The van der Waals surface area contributed by atoms with E-state index in [-0.39, 0.29) is 19.1 Å². The van der Waals surface area contributed by atoms with E-state index in [1.54, 1.807) is 7.05 Å². The zero-order valence-electron chi connectivity index (χ0n) is 23.2. The number of likely N-dealkylation sites (N-methyl/N-ethyl adjacent to an activating group) is 1. The number of hydrogen-bond donors (Lipinski definition) is 2. The molecule has 0 aromatic heterocycles. The van der Waals surface area contributed by atoms with Gasteiger partial charge in [0.1, 0.15) is 19.3 Å². The van der Waals surface area contributed by atoms with Crippen LogP contribution in [-0.4, -0.2) is 63.8 Å². The molecule has 214 valence electrons. The Kier molecular flexibility index (Phi) is 28.4. The maximum Gasteiger partial charge on any atom is 0.697 e. The number of hydrogen-bond acceptors (Lipinski definition) is 7. The van der Waals surface area contributed by atoms with E-state index in [0.29, 0.717) is 45.8 Å². The number of carbonyl (C=O) groups is 1. The minimum atomic E-state index is -2.20. The van der Waals surface area contributed by atoms with E-state index in [1.807, 2.05) is 0 Å². The summed E-state index contributed by atoms with van der Waals surface area (Å²) in [5.74, 6) is -0.804. The lowest BCUT2D eigenvalue weighted by Gasteiger charge is -2.15. The summed E-state index contributed by atoms with van der Waals surface area (Å²) in [6.45, 7) is 4.73. The number of rotatable bonds is 30. The lowest BCUT2D eigenvalue weighted by Crippen LogP contribution is -2.26. The van der Waals surface area contributed by atoms with Crippen LogP contribution in [0.1, 0.15) is 116 Å².